The van der Waals surface area contributed by atoms with E-state index in [4.69, 9.17) is 0 Å². The molecule has 1 aromatic rings. The van der Waals surface area contributed by atoms with E-state index in [-0.39, 0.29) is 5.92 Å². The van der Waals surface area contributed by atoms with E-state index >= 15 is 0 Å². The summed E-state index contributed by atoms with van der Waals surface area (Å²) < 4.78 is 0. The lowest BCUT2D eigenvalue weighted by molar-refractivity contribution is -0.0205. The number of rotatable bonds is 7. The Hall–Kier alpha value is -1.08. The average Bonchev–Trinajstić information content (AvgIpc) is 2.35. The molecule has 0 amide bonds. The number of hydrogen-bond donors (Lipinski definition) is 1. The van der Waals surface area contributed by atoms with Crippen molar-refractivity contribution in [2.75, 3.05) is 0 Å². The molecule has 0 bridgehead atoms. The molecule has 0 aliphatic rings. The fourth-order valence-electron chi connectivity index (χ4n) is 2.18. The first-order valence-corrected chi connectivity index (χ1v) is 6.50. The van der Waals surface area contributed by atoms with E-state index in [1.165, 1.54) is 0 Å². The average molecular weight is 232 g/mol. The Bertz CT molecular complexity index is 329. The Balaban J connectivity index is 2.72. The van der Waals surface area contributed by atoms with E-state index in [0.29, 0.717) is 0 Å². The molecule has 0 aromatic heterocycles. The molecule has 0 aliphatic carbocycles. The van der Waals surface area contributed by atoms with Crippen LogP contribution in [0, 0.1) is 5.92 Å². The maximum absolute atomic E-state index is 10.8. The van der Waals surface area contributed by atoms with Gasteiger partial charge in [-0.25, -0.2) is 0 Å². The van der Waals surface area contributed by atoms with Crippen molar-refractivity contribution in [1.82, 2.24) is 0 Å². The number of allylic oxidation sites excluding steroid dienone is 1. The van der Waals surface area contributed by atoms with Crippen LogP contribution in [-0.4, -0.2) is 5.11 Å². The fraction of sp³-hybridized carbons (Fsp3) is 0.500. The molecular formula is C16H24O. The summed E-state index contributed by atoms with van der Waals surface area (Å²) >= 11 is 0. The number of benzene rings is 1. The predicted molar refractivity (Wildman–Crippen MR) is 73.8 cm³/mol. The molecule has 1 heteroatoms. The second kappa shape index (κ2) is 6.61. The molecule has 1 nitrogen and oxygen atoms in total. The molecular weight excluding hydrogens is 208 g/mol. The maximum Gasteiger partial charge on any atom is 0.0919 e. The van der Waals surface area contributed by atoms with Crippen LogP contribution in [0.5, 0.6) is 0 Å². The molecule has 0 heterocycles. The van der Waals surface area contributed by atoms with Crippen LogP contribution in [0.3, 0.4) is 0 Å². The first kappa shape index (κ1) is 14.0. The van der Waals surface area contributed by atoms with Crippen LogP contribution in [0.2, 0.25) is 0 Å². The summed E-state index contributed by atoms with van der Waals surface area (Å²) in [4.78, 5) is 0. The minimum absolute atomic E-state index is 0.230. The second-order valence-corrected chi connectivity index (χ2v) is 4.98. The molecule has 17 heavy (non-hydrogen) atoms. The summed E-state index contributed by atoms with van der Waals surface area (Å²) in [5, 5.41) is 10.8. The Morgan fingerprint density at radius 2 is 1.88 bits per heavy atom. The van der Waals surface area contributed by atoms with Crippen molar-refractivity contribution < 1.29 is 5.11 Å². The van der Waals surface area contributed by atoms with Gasteiger partial charge in [-0.15, -0.1) is 6.58 Å². The third kappa shape index (κ3) is 3.71. The highest BCUT2D eigenvalue weighted by Gasteiger charge is 2.31. The Morgan fingerprint density at radius 1 is 1.24 bits per heavy atom. The van der Waals surface area contributed by atoms with Gasteiger partial charge in [-0.1, -0.05) is 50.3 Å². The topological polar surface area (TPSA) is 20.2 Å². The quantitative estimate of drug-likeness (QED) is 0.549. The molecule has 0 fully saturated rings. The van der Waals surface area contributed by atoms with E-state index in [0.717, 1.165) is 31.2 Å². The van der Waals surface area contributed by atoms with Crippen LogP contribution in [0.1, 0.15) is 45.1 Å². The smallest absolute Gasteiger partial charge is 0.0919 e. The van der Waals surface area contributed by atoms with Gasteiger partial charge in [-0.3, -0.25) is 0 Å². The third-order valence-electron chi connectivity index (χ3n) is 3.44. The first-order chi connectivity index (χ1) is 8.11. The van der Waals surface area contributed by atoms with Crippen molar-refractivity contribution in [1.29, 1.82) is 0 Å². The first-order valence-electron chi connectivity index (χ1n) is 6.50. The molecule has 1 N–H and O–H groups in total. The van der Waals surface area contributed by atoms with Gasteiger partial charge < -0.3 is 5.11 Å². The SMILES string of the molecule is C=CCCCCC(O)(c1ccccc1)C(C)C. The number of hydrogen-bond acceptors (Lipinski definition) is 1. The van der Waals surface area contributed by atoms with Gasteiger partial charge in [0.05, 0.1) is 5.60 Å². The molecule has 94 valence electrons. The lowest BCUT2D eigenvalue weighted by atomic mass is 9.79. The van der Waals surface area contributed by atoms with Gasteiger partial charge in [0.1, 0.15) is 0 Å². The van der Waals surface area contributed by atoms with Crippen LogP contribution in [-0.2, 0) is 5.60 Å². The van der Waals surface area contributed by atoms with Crippen LogP contribution >= 0.6 is 0 Å². The van der Waals surface area contributed by atoms with Gasteiger partial charge in [0.15, 0.2) is 0 Å². The van der Waals surface area contributed by atoms with E-state index < -0.39 is 5.60 Å². The Labute approximate surface area is 105 Å². The predicted octanol–water partition coefficient (Wildman–Crippen LogP) is 4.28. The summed E-state index contributed by atoms with van der Waals surface area (Å²) in [5.74, 6) is 0.230. The summed E-state index contributed by atoms with van der Waals surface area (Å²) in [6, 6.07) is 10.0. The minimum atomic E-state index is -0.692. The number of aliphatic hydroxyl groups is 1. The van der Waals surface area contributed by atoms with Crippen molar-refractivity contribution in [3.63, 3.8) is 0 Å². The summed E-state index contributed by atoms with van der Waals surface area (Å²) in [6.45, 7) is 7.89. The molecule has 1 atom stereocenters. The summed E-state index contributed by atoms with van der Waals surface area (Å²) in [7, 11) is 0. The van der Waals surface area contributed by atoms with Crippen LogP contribution in [0.15, 0.2) is 43.0 Å². The van der Waals surface area contributed by atoms with Gasteiger partial charge in [0.25, 0.3) is 0 Å². The van der Waals surface area contributed by atoms with Crippen molar-refractivity contribution in [3.05, 3.63) is 48.6 Å². The summed E-state index contributed by atoms with van der Waals surface area (Å²) in [6.07, 6.45) is 5.93. The van der Waals surface area contributed by atoms with E-state index in [1.807, 2.05) is 36.4 Å². The van der Waals surface area contributed by atoms with Gasteiger partial charge in [0, 0.05) is 0 Å². The molecule has 0 saturated carbocycles. The van der Waals surface area contributed by atoms with Gasteiger partial charge in [-0.05, 0) is 37.2 Å². The summed E-state index contributed by atoms with van der Waals surface area (Å²) in [5.41, 5.74) is 0.344. The molecule has 0 radical (unpaired) electrons. The van der Waals surface area contributed by atoms with Crippen LogP contribution in [0.4, 0.5) is 0 Å². The second-order valence-electron chi connectivity index (χ2n) is 4.98. The van der Waals surface area contributed by atoms with E-state index in [2.05, 4.69) is 20.4 Å². The molecule has 0 saturated heterocycles. The van der Waals surface area contributed by atoms with Crippen molar-refractivity contribution >= 4 is 0 Å². The Kier molecular flexibility index (Phi) is 5.43. The van der Waals surface area contributed by atoms with Gasteiger partial charge in [0.2, 0.25) is 0 Å². The third-order valence-corrected chi connectivity index (χ3v) is 3.44. The molecule has 0 aliphatic heterocycles. The molecule has 1 aromatic carbocycles. The maximum atomic E-state index is 10.8. The molecule has 1 unspecified atom stereocenters. The normalized spacial score (nSPS) is 14.6. The zero-order valence-corrected chi connectivity index (χ0v) is 11.0. The fourth-order valence-corrected chi connectivity index (χ4v) is 2.18. The standard InChI is InChI=1S/C16H24O/c1-4-5-6-10-13-16(17,14(2)3)15-11-8-7-9-12-15/h4,7-9,11-12,14,17H,1,5-6,10,13H2,2-3H3. The van der Waals surface area contributed by atoms with E-state index in [1.54, 1.807) is 0 Å². The minimum Gasteiger partial charge on any atom is -0.385 e. The lowest BCUT2D eigenvalue weighted by Gasteiger charge is -2.33. The molecule has 1 rings (SSSR count). The molecule has 0 spiro atoms. The van der Waals surface area contributed by atoms with Crippen LogP contribution < -0.4 is 0 Å². The largest absolute Gasteiger partial charge is 0.385 e. The Morgan fingerprint density at radius 3 is 2.41 bits per heavy atom. The monoisotopic (exact) mass is 232 g/mol. The highest BCUT2D eigenvalue weighted by Crippen LogP contribution is 2.34. The lowest BCUT2D eigenvalue weighted by Crippen LogP contribution is -2.31. The highest BCUT2D eigenvalue weighted by molar-refractivity contribution is 5.22. The van der Waals surface area contributed by atoms with Crippen molar-refractivity contribution in [3.8, 4) is 0 Å². The van der Waals surface area contributed by atoms with E-state index in [9.17, 15) is 5.11 Å². The van der Waals surface area contributed by atoms with Gasteiger partial charge >= 0.3 is 0 Å². The highest BCUT2D eigenvalue weighted by atomic mass is 16.3. The van der Waals surface area contributed by atoms with Crippen molar-refractivity contribution in [2.45, 2.75) is 45.1 Å². The number of unbranched alkanes of at least 4 members (excludes halogenated alkanes) is 2. The van der Waals surface area contributed by atoms with Gasteiger partial charge in [-0.2, -0.15) is 0 Å². The van der Waals surface area contributed by atoms with Crippen LogP contribution in [0.25, 0.3) is 0 Å². The zero-order chi connectivity index (χ0) is 12.7. The van der Waals surface area contributed by atoms with Crippen molar-refractivity contribution in [2.24, 2.45) is 5.92 Å². The zero-order valence-electron chi connectivity index (χ0n) is 11.0.